The molecule has 8 heteroatoms. The highest BCUT2D eigenvalue weighted by molar-refractivity contribution is 7.91. The van der Waals surface area contributed by atoms with Crippen molar-refractivity contribution in [2.45, 2.75) is 17.2 Å². The van der Waals surface area contributed by atoms with Gasteiger partial charge in [-0.15, -0.1) is 0 Å². The van der Waals surface area contributed by atoms with Crippen LogP contribution in [0.3, 0.4) is 0 Å². The fraction of sp³-hybridized carbons (Fsp3) is 0.278. The van der Waals surface area contributed by atoms with Crippen LogP contribution in [0, 0.1) is 0 Å². The summed E-state index contributed by atoms with van der Waals surface area (Å²) in [5.41, 5.74) is 1.38. The number of alkyl halides is 2. The van der Waals surface area contributed by atoms with E-state index in [1.54, 1.807) is 0 Å². The van der Waals surface area contributed by atoms with Crippen LogP contribution in [0.4, 0.5) is 8.78 Å². The molecular weight excluding hydrogens is 362 g/mol. The SMILES string of the molecule is CN(CCNC(=O)c1ccc(S(=O)(=O)C(F)F)cc1)Cc1ccccc1. The number of sulfone groups is 1. The van der Waals surface area contributed by atoms with E-state index in [2.05, 4.69) is 5.32 Å². The highest BCUT2D eigenvalue weighted by Gasteiger charge is 2.26. The zero-order chi connectivity index (χ0) is 19.2. The van der Waals surface area contributed by atoms with E-state index in [0.717, 1.165) is 24.2 Å². The Balaban J connectivity index is 1.84. The van der Waals surface area contributed by atoms with E-state index in [-0.39, 0.29) is 11.5 Å². The Hall–Kier alpha value is -2.32. The quantitative estimate of drug-likeness (QED) is 0.762. The second-order valence-electron chi connectivity index (χ2n) is 5.81. The Labute approximate surface area is 151 Å². The van der Waals surface area contributed by atoms with Gasteiger partial charge in [0.05, 0.1) is 4.90 Å². The zero-order valence-corrected chi connectivity index (χ0v) is 15.0. The lowest BCUT2D eigenvalue weighted by Gasteiger charge is -2.17. The minimum Gasteiger partial charge on any atom is -0.351 e. The molecule has 2 rings (SSSR count). The van der Waals surface area contributed by atoms with E-state index in [0.29, 0.717) is 13.1 Å². The van der Waals surface area contributed by atoms with Gasteiger partial charge in [-0.2, -0.15) is 8.78 Å². The van der Waals surface area contributed by atoms with Crippen molar-refractivity contribution in [3.05, 3.63) is 65.7 Å². The van der Waals surface area contributed by atoms with Crippen molar-refractivity contribution in [1.82, 2.24) is 10.2 Å². The van der Waals surface area contributed by atoms with Crippen molar-refractivity contribution in [2.75, 3.05) is 20.1 Å². The highest BCUT2D eigenvalue weighted by Crippen LogP contribution is 2.18. The molecule has 0 aromatic heterocycles. The second kappa shape index (κ2) is 8.86. The standard InChI is InChI=1S/C18H20F2N2O3S/c1-22(13-14-5-3-2-4-6-14)12-11-21-17(23)15-7-9-16(10-8-15)26(24,25)18(19)20/h2-10,18H,11-13H2,1H3,(H,21,23). The van der Waals surface area contributed by atoms with Crippen LogP contribution in [0.25, 0.3) is 0 Å². The molecular formula is C18H20F2N2O3S. The van der Waals surface area contributed by atoms with Gasteiger partial charge in [0.25, 0.3) is 5.91 Å². The summed E-state index contributed by atoms with van der Waals surface area (Å²) in [6.45, 7) is 1.77. The van der Waals surface area contributed by atoms with Crippen LogP contribution in [0.15, 0.2) is 59.5 Å². The van der Waals surface area contributed by atoms with E-state index >= 15 is 0 Å². The number of likely N-dealkylation sites (N-methyl/N-ethyl adjacent to an activating group) is 1. The van der Waals surface area contributed by atoms with Crippen molar-refractivity contribution in [1.29, 1.82) is 0 Å². The van der Waals surface area contributed by atoms with Gasteiger partial charge in [0, 0.05) is 25.2 Å². The fourth-order valence-electron chi connectivity index (χ4n) is 2.34. The third-order valence-corrected chi connectivity index (χ3v) is 5.15. The molecule has 0 atom stereocenters. The maximum atomic E-state index is 12.5. The minimum absolute atomic E-state index is 0.212. The molecule has 0 aliphatic carbocycles. The molecule has 0 aliphatic heterocycles. The van der Waals surface area contributed by atoms with Gasteiger partial charge in [0.1, 0.15) is 0 Å². The number of hydrogen-bond donors (Lipinski definition) is 1. The molecule has 0 unspecified atom stereocenters. The molecule has 140 valence electrons. The van der Waals surface area contributed by atoms with Crippen LogP contribution >= 0.6 is 0 Å². The first-order chi connectivity index (χ1) is 12.3. The van der Waals surface area contributed by atoms with Gasteiger partial charge >= 0.3 is 5.76 Å². The molecule has 0 spiro atoms. The first-order valence-corrected chi connectivity index (χ1v) is 9.48. The van der Waals surface area contributed by atoms with Crippen LogP contribution in [-0.2, 0) is 16.4 Å². The van der Waals surface area contributed by atoms with Crippen LogP contribution in [0.5, 0.6) is 0 Å². The third-order valence-electron chi connectivity index (χ3n) is 3.75. The molecule has 26 heavy (non-hydrogen) atoms. The van der Waals surface area contributed by atoms with Gasteiger partial charge in [-0.25, -0.2) is 8.42 Å². The smallest absolute Gasteiger partial charge is 0.341 e. The first-order valence-electron chi connectivity index (χ1n) is 7.93. The number of hydrogen-bond acceptors (Lipinski definition) is 4. The molecule has 1 N–H and O–H groups in total. The van der Waals surface area contributed by atoms with Crippen molar-refractivity contribution < 1.29 is 22.0 Å². The lowest BCUT2D eigenvalue weighted by molar-refractivity contribution is 0.0949. The van der Waals surface area contributed by atoms with Gasteiger partial charge in [0.2, 0.25) is 9.84 Å². The van der Waals surface area contributed by atoms with E-state index in [1.165, 1.54) is 12.1 Å². The minimum atomic E-state index is -4.65. The Morgan fingerprint density at radius 2 is 1.69 bits per heavy atom. The summed E-state index contributed by atoms with van der Waals surface area (Å²) in [6.07, 6.45) is 0. The molecule has 0 saturated heterocycles. The molecule has 0 saturated carbocycles. The molecule has 0 fully saturated rings. The Bertz CT molecular complexity index is 825. The predicted molar refractivity (Wildman–Crippen MR) is 94.7 cm³/mol. The van der Waals surface area contributed by atoms with Gasteiger partial charge in [0.15, 0.2) is 0 Å². The summed E-state index contributed by atoms with van der Waals surface area (Å²) in [7, 11) is -2.72. The summed E-state index contributed by atoms with van der Waals surface area (Å²) in [5.74, 6) is -3.87. The number of nitrogens with zero attached hydrogens (tertiary/aromatic N) is 1. The second-order valence-corrected chi connectivity index (χ2v) is 7.73. The number of carbonyl (C=O) groups excluding carboxylic acids is 1. The normalized spacial score (nSPS) is 11.7. The van der Waals surface area contributed by atoms with Crippen molar-refractivity contribution in [2.24, 2.45) is 0 Å². The number of carbonyl (C=O) groups is 1. The Morgan fingerprint density at radius 3 is 2.27 bits per heavy atom. The number of nitrogens with one attached hydrogen (secondary N) is 1. The molecule has 2 aromatic carbocycles. The molecule has 0 bridgehead atoms. The summed E-state index contributed by atoms with van der Waals surface area (Å²) in [5, 5.41) is 2.72. The summed E-state index contributed by atoms with van der Waals surface area (Å²) >= 11 is 0. The molecule has 2 aromatic rings. The Kier molecular flexibility index (Phi) is 6.82. The van der Waals surface area contributed by atoms with Crippen LogP contribution in [0.1, 0.15) is 15.9 Å². The number of halogens is 2. The lowest BCUT2D eigenvalue weighted by Crippen LogP contribution is -2.32. The average Bonchev–Trinajstić information content (AvgIpc) is 2.62. The van der Waals surface area contributed by atoms with Crippen LogP contribution in [-0.4, -0.2) is 45.1 Å². The summed E-state index contributed by atoms with van der Waals surface area (Å²) in [6, 6.07) is 14.4. The maximum Gasteiger partial charge on any atom is 0.341 e. The monoisotopic (exact) mass is 382 g/mol. The average molecular weight is 382 g/mol. The number of amides is 1. The first kappa shape index (κ1) is 20.0. The zero-order valence-electron chi connectivity index (χ0n) is 14.2. The van der Waals surface area contributed by atoms with Gasteiger partial charge in [-0.3, -0.25) is 4.79 Å². The fourth-order valence-corrected chi connectivity index (χ4v) is 3.06. The van der Waals surface area contributed by atoms with E-state index in [9.17, 15) is 22.0 Å². The van der Waals surface area contributed by atoms with Gasteiger partial charge in [-0.1, -0.05) is 30.3 Å². The maximum absolute atomic E-state index is 12.5. The largest absolute Gasteiger partial charge is 0.351 e. The van der Waals surface area contributed by atoms with Crippen molar-refractivity contribution >= 4 is 15.7 Å². The van der Waals surface area contributed by atoms with E-state index in [4.69, 9.17) is 0 Å². The highest BCUT2D eigenvalue weighted by atomic mass is 32.2. The predicted octanol–water partition coefficient (Wildman–Crippen LogP) is 2.54. The number of benzene rings is 2. The topological polar surface area (TPSA) is 66.5 Å². The van der Waals surface area contributed by atoms with Gasteiger partial charge in [-0.05, 0) is 36.9 Å². The third kappa shape index (κ3) is 5.34. The van der Waals surface area contributed by atoms with Gasteiger partial charge < -0.3 is 10.2 Å². The van der Waals surface area contributed by atoms with Crippen LogP contribution < -0.4 is 5.32 Å². The summed E-state index contributed by atoms with van der Waals surface area (Å²) in [4.78, 5) is 13.6. The van der Waals surface area contributed by atoms with Crippen molar-refractivity contribution in [3.63, 3.8) is 0 Å². The molecule has 0 radical (unpaired) electrons. The molecule has 5 nitrogen and oxygen atoms in total. The Morgan fingerprint density at radius 1 is 1.08 bits per heavy atom. The van der Waals surface area contributed by atoms with Crippen LogP contribution in [0.2, 0.25) is 0 Å². The van der Waals surface area contributed by atoms with E-state index in [1.807, 2.05) is 42.3 Å². The summed E-state index contributed by atoms with van der Waals surface area (Å²) < 4.78 is 47.7. The lowest BCUT2D eigenvalue weighted by atomic mass is 10.2. The van der Waals surface area contributed by atoms with E-state index < -0.39 is 20.5 Å². The molecule has 0 heterocycles. The van der Waals surface area contributed by atoms with Crippen molar-refractivity contribution in [3.8, 4) is 0 Å². The molecule has 0 aliphatic rings. The molecule has 1 amide bonds. The number of rotatable bonds is 8.